The second-order valence-corrected chi connectivity index (χ2v) is 8.16. The van der Waals surface area contributed by atoms with Crippen LogP contribution in [0.15, 0.2) is 109 Å². The van der Waals surface area contributed by atoms with Gasteiger partial charge in [0.2, 0.25) is 0 Å². The van der Waals surface area contributed by atoms with Crippen LogP contribution in [-0.2, 0) is 0 Å². The van der Waals surface area contributed by atoms with Crippen molar-refractivity contribution in [2.45, 2.75) is 0 Å². The number of hydrogen-bond acceptors (Lipinski definition) is 4. The van der Waals surface area contributed by atoms with E-state index in [9.17, 15) is 10.0 Å². The lowest BCUT2D eigenvalue weighted by Gasteiger charge is -2.14. The van der Waals surface area contributed by atoms with Crippen molar-refractivity contribution in [3.8, 4) is 28.3 Å². The van der Waals surface area contributed by atoms with Crippen LogP contribution in [0.2, 0.25) is 0 Å². The van der Waals surface area contributed by atoms with E-state index in [0.717, 1.165) is 44.3 Å². The van der Waals surface area contributed by atoms with Gasteiger partial charge < -0.3 is 14.6 Å². The maximum atomic E-state index is 9.74. The summed E-state index contributed by atoms with van der Waals surface area (Å²) in [5.41, 5.74) is 6.02. The fraction of sp³-hybridized carbons (Fsp3) is 0. The highest BCUT2D eigenvalue weighted by molar-refractivity contribution is 6.59. The van der Waals surface area contributed by atoms with Crippen molar-refractivity contribution in [2.24, 2.45) is 0 Å². The van der Waals surface area contributed by atoms with E-state index in [2.05, 4.69) is 22.8 Å². The molecule has 0 amide bonds. The van der Waals surface area contributed by atoms with E-state index in [-0.39, 0.29) is 0 Å². The summed E-state index contributed by atoms with van der Waals surface area (Å²) in [6, 6.07) is 33.6. The summed E-state index contributed by atoms with van der Waals surface area (Å²) >= 11 is 0. The number of rotatable bonds is 4. The van der Waals surface area contributed by atoms with Crippen LogP contribution >= 0.6 is 0 Å². The van der Waals surface area contributed by atoms with Crippen LogP contribution in [0, 0.1) is 0 Å². The van der Waals surface area contributed by atoms with Crippen molar-refractivity contribution in [2.75, 3.05) is 0 Å². The van der Waals surface area contributed by atoms with Gasteiger partial charge >= 0.3 is 7.12 Å². The first-order chi connectivity index (χ1) is 16.7. The molecule has 5 nitrogen and oxygen atoms in total. The topological polar surface area (TPSA) is 71.2 Å². The average molecular weight is 441 g/mol. The van der Waals surface area contributed by atoms with Crippen LogP contribution in [0.3, 0.4) is 0 Å². The van der Waals surface area contributed by atoms with Crippen molar-refractivity contribution in [3.63, 3.8) is 0 Å². The lowest BCUT2D eigenvalue weighted by atomic mass is 9.80. The first-order valence-corrected chi connectivity index (χ1v) is 11.1. The first kappa shape index (κ1) is 20.4. The number of hydrogen-bond donors (Lipinski definition) is 2. The summed E-state index contributed by atoms with van der Waals surface area (Å²) in [5, 5.41) is 21.4. The molecule has 0 saturated carbocycles. The van der Waals surface area contributed by atoms with Gasteiger partial charge in [-0.3, -0.25) is 0 Å². The van der Waals surface area contributed by atoms with Gasteiger partial charge in [0, 0.05) is 21.9 Å². The Morgan fingerprint density at radius 1 is 0.647 bits per heavy atom. The number of aromatic nitrogens is 3. The molecule has 0 radical (unpaired) electrons. The Morgan fingerprint density at radius 3 is 2.03 bits per heavy atom. The first-order valence-electron chi connectivity index (χ1n) is 11.1. The third-order valence-electron chi connectivity index (χ3n) is 6.08. The zero-order valence-electron chi connectivity index (χ0n) is 18.2. The Morgan fingerprint density at radius 2 is 1.29 bits per heavy atom. The van der Waals surface area contributed by atoms with Crippen LogP contribution in [0.25, 0.3) is 50.1 Å². The average Bonchev–Trinajstić information content (AvgIpc) is 3.23. The molecule has 0 aliphatic carbocycles. The van der Waals surface area contributed by atoms with E-state index in [4.69, 9.17) is 9.97 Å². The SMILES string of the molecule is OB(O)c1ccc2c(c1)c1ccccc1n2-c1cnc(-c2ccccc2)nc1-c1ccccc1. The molecular formula is C28H20BN3O2. The second-order valence-electron chi connectivity index (χ2n) is 8.16. The Labute approximate surface area is 196 Å². The molecule has 2 N–H and O–H groups in total. The number of fused-ring (bicyclic) bond motifs is 3. The molecule has 0 aliphatic heterocycles. The molecule has 6 heteroatoms. The van der Waals surface area contributed by atoms with E-state index in [1.807, 2.05) is 85.1 Å². The van der Waals surface area contributed by atoms with Crippen molar-refractivity contribution in [1.82, 2.24) is 14.5 Å². The monoisotopic (exact) mass is 441 g/mol. The third-order valence-corrected chi connectivity index (χ3v) is 6.08. The summed E-state index contributed by atoms with van der Waals surface area (Å²) in [6.07, 6.45) is 1.87. The van der Waals surface area contributed by atoms with Crippen LogP contribution in [-0.4, -0.2) is 31.7 Å². The summed E-state index contributed by atoms with van der Waals surface area (Å²) in [6.45, 7) is 0. The number of para-hydroxylation sites is 1. The molecule has 6 rings (SSSR count). The fourth-order valence-electron chi connectivity index (χ4n) is 4.48. The summed E-state index contributed by atoms with van der Waals surface area (Å²) in [5.74, 6) is 0.662. The molecule has 2 aromatic heterocycles. The summed E-state index contributed by atoms with van der Waals surface area (Å²) in [7, 11) is -1.53. The van der Waals surface area contributed by atoms with Crippen molar-refractivity contribution >= 4 is 34.4 Å². The Hall–Kier alpha value is -4.26. The van der Waals surface area contributed by atoms with Gasteiger partial charge in [-0.05, 0) is 17.6 Å². The van der Waals surface area contributed by atoms with Gasteiger partial charge in [-0.1, -0.05) is 91.0 Å². The molecule has 0 spiro atoms. The van der Waals surface area contributed by atoms with Crippen LogP contribution in [0.1, 0.15) is 0 Å². The molecule has 4 aromatic carbocycles. The highest BCUT2D eigenvalue weighted by Gasteiger charge is 2.20. The molecule has 0 atom stereocenters. The molecule has 0 fully saturated rings. The van der Waals surface area contributed by atoms with Crippen LogP contribution in [0.5, 0.6) is 0 Å². The van der Waals surface area contributed by atoms with E-state index >= 15 is 0 Å². The normalized spacial score (nSPS) is 11.2. The summed E-state index contributed by atoms with van der Waals surface area (Å²) < 4.78 is 2.15. The van der Waals surface area contributed by atoms with Gasteiger partial charge in [-0.25, -0.2) is 9.97 Å². The Kier molecular flexibility index (Phi) is 4.95. The highest BCUT2D eigenvalue weighted by atomic mass is 16.4. The highest BCUT2D eigenvalue weighted by Crippen LogP contribution is 2.35. The summed E-state index contributed by atoms with van der Waals surface area (Å²) in [4.78, 5) is 9.76. The van der Waals surface area contributed by atoms with Gasteiger partial charge in [0.05, 0.1) is 28.6 Å². The largest absolute Gasteiger partial charge is 0.488 e. The lowest BCUT2D eigenvalue weighted by Crippen LogP contribution is -2.29. The minimum atomic E-state index is -1.53. The van der Waals surface area contributed by atoms with Crippen molar-refractivity contribution in [1.29, 1.82) is 0 Å². The fourth-order valence-corrected chi connectivity index (χ4v) is 4.48. The van der Waals surface area contributed by atoms with E-state index in [0.29, 0.717) is 11.3 Å². The minimum absolute atomic E-state index is 0.453. The zero-order chi connectivity index (χ0) is 23.1. The second kappa shape index (κ2) is 8.26. The standard InChI is InChI=1S/C28H20BN3O2/c33-29(34)21-15-16-25-23(17-21)22-13-7-8-14-24(22)32(25)26-18-30-28(20-11-5-2-6-12-20)31-27(26)19-9-3-1-4-10-19/h1-18,33-34H. The Balaban J connectivity index is 1.68. The van der Waals surface area contributed by atoms with E-state index < -0.39 is 7.12 Å². The van der Waals surface area contributed by atoms with E-state index in [1.54, 1.807) is 6.07 Å². The van der Waals surface area contributed by atoms with Gasteiger partial charge in [0.1, 0.15) is 0 Å². The number of nitrogens with zero attached hydrogens (tertiary/aromatic N) is 3. The predicted octanol–water partition coefficient (Wildman–Crippen LogP) is 4.59. The van der Waals surface area contributed by atoms with Gasteiger partial charge in [0.25, 0.3) is 0 Å². The van der Waals surface area contributed by atoms with Gasteiger partial charge in [-0.15, -0.1) is 0 Å². The Bertz CT molecular complexity index is 1630. The zero-order valence-corrected chi connectivity index (χ0v) is 18.2. The molecule has 0 unspecified atom stereocenters. The van der Waals surface area contributed by atoms with Crippen LogP contribution in [0.4, 0.5) is 0 Å². The van der Waals surface area contributed by atoms with Gasteiger partial charge in [-0.2, -0.15) is 0 Å². The molecule has 162 valence electrons. The molecule has 6 aromatic rings. The molecular weight excluding hydrogens is 421 g/mol. The quantitative estimate of drug-likeness (QED) is 0.393. The molecule has 0 bridgehead atoms. The maximum absolute atomic E-state index is 9.74. The van der Waals surface area contributed by atoms with Gasteiger partial charge in [0.15, 0.2) is 5.82 Å². The number of benzene rings is 4. The minimum Gasteiger partial charge on any atom is -0.423 e. The molecule has 34 heavy (non-hydrogen) atoms. The van der Waals surface area contributed by atoms with Crippen molar-refractivity contribution < 1.29 is 10.0 Å². The van der Waals surface area contributed by atoms with Crippen molar-refractivity contribution in [3.05, 3.63) is 109 Å². The predicted molar refractivity (Wildman–Crippen MR) is 137 cm³/mol. The smallest absolute Gasteiger partial charge is 0.423 e. The molecule has 2 heterocycles. The molecule has 0 aliphatic rings. The van der Waals surface area contributed by atoms with E-state index in [1.165, 1.54) is 0 Å². The van der Waals surface area contributed by atoms with Crippen LogP contribution < -0.4 is 5.46 Å². The lowest BCUT2D eigenvalue weighted by molar-refractivity contribution is 0.426. The molecule has 0 saturated heterocycles. The third kappa shape index (κ3) is 3.37. The maximum Gasteiger partial charge on any atom is 0.488 e.